The quantitative estimate of drug-likeness (QED) is 0.567. The maximum absolute atomic E-state index is 12.6. The van der Waals surface area contributed by atoms with Crippen LogP contribution in [0.5, 0.6) is 0 Å². The van der Waals surface area contributed by atoms with Crippen LogP contribution in [0.4, 0.5) is 0 Å². The first kappa shape index (κ1) is 15.0. The van der Waals surface area contributed by atoms with Crippen LogP contribution in [0.3, 0.4) is 0 Å². The average Bonchev–Trinajstić information content (AvgIpc) is 2.85. The SMILES string of the molecule is CCOC(=O)c1ncn2c1CN(C)C(=O)c1c([122I])cccc1-2. The molecule has 0 atom stereocenters. The molecule has 0 saturated carbocycles. The number of hydrogen-bond donors (Lipinski definition) is 0. The number of aromatic nitrogens is 2. The maximum Gasteiger partial charge on any atom is 0.358 e. The summed E-state index contributed by atoms with van der Waals surface area (Å²) < 4.78 is 7.71. The third kappa shape index (κ3) is 2.29. The Morgan fingerprint density at radius 3 is 2.95 bits per heavy atom. The Labute approximate surface area is 141 Å². The number of imidazole rings is 1. The number of nitrogens with zero attached hydrogens (tertiary/aromatic N) is 3. The molecule has 1 aromatic heterocycles. The van der Waals surface area contributed by atoms with Gasteiger partial charge in [0.15, 0.2) is 5.69 Å². The summed E-state index contributed by atoms with van der Waals surface area (Å²) in [4.78, 5) is 30.4. The fourth-order valence-electron chi connectivity index (χ4n) is 2.51. The molecule has 114 valence electrons. The van der Waals surface area contributed by atoms with E-state index in [0.29, 0.717) is 17.8 Å². The minimum atomic E-state index is -0.467. The van der Waals surface area contributed by atoms with Gasteiger partial charge in [-0.05, 0) is 41.6 Å². The Balaban J connectivity index is 2.22. The highest BCUT2D eigenvalue weighted by Crippen LogP contribution is 2.28. The van der Waals surface area contributed by atoms with Crippen LogP contribution < -0.4 is 0 Å². The van der Waals surface area contributed by atoms with Crippen LogP contribution in [-0.2, 0) is 11.3 Å². The van der Waals surface area contributed by atoms with E-state index < -0.39 is 5.97 Å². The van der Waals surface area contributed by atoms with Crippen molar-refractivity contribution >= 4 is 34.5 Å². The summed E-state index contributed by atoms with van der Waals surface area (Å²) in [5, 5.41) is 0. The molecule has 6 nitrogen and oxygen atoms in total. The lowest BCUT2D eigenvalue weighted by Crippen LogP contribution is -2.26. The Hall–Kier alpha value is -1.90. The van der Waals surface area contributed by atoms with Crippen molar-refractivity contribution in [3.05, 3.63) is 45.0 Å². The molecule has 2 heterocycles. The van der Waals surface area contributed by atoms with Gasteiger partial charge in [-0.1, -0.05) is 6.07 Å². The van der Waals surface area contributed by atoms with Gasteiger partial charge in [-0.25, -0.2) is 9.78 Å². The van der Waals surface area contributed by atoms with E-state index in [1.54, 1.807) is 29.8 Å². The van der Waals surface area contributed by atoms with Crippen molar-refractivity contribution in [1.29, 1.82) is 0 Å². The summed E-state index contributed by atoms with van der Waals surface area (Å²) in [7, 11) is 1.72. The van der Waals surface area contributed by atoms with Crippen LogP contribution in [0, 0.1) is 3.57 Å². The van der Waals surface area contributed by atoms with Gasteiger partial charge in [-0.2, -0.15) is 0 Å². The highest BCUT2D eigenvalue weighted by molar-refractivity contribution is 14.1. The van der Waals surface area contributed by atoms with E-state index in [0.717, 1.165) is 9.26 Å². The number of carbonyl (C=O) groups is 2. The molecule has 0 aliphatic carbocycles. The van der Waals surface area contributed by atoms with Crippen LogP contribution in [0.2, 0.25) is 0 Å². The zero-order chi connectivity index (χ0) is 15.9. The molecule has 7 heteroatoms. The first-order chi connectivity index (χ1) is 10.5. The Kier molecular flexibility index (Phi) is 3.90. The summed E-state index contributed by atoms with van der Waals surface area (Å²) in [6.07, 6.45) is 1.57. The van der Waals surface area contributed by atoms with Gasteiger partial charge >= 0.3 is 5.97 Å². The van der Waals surface area contributed by atoms with Crippen molar-refractivity contribution in [3.63, 3.8) is 0 Å². The largest absolute Gasteiger partial charge is 0.461 e. The van der Waals surface area contributed by atoms with Gasteiger partial charge in [0.25, 0.3) is 5.91 Å². The second kappa shape index (κ2) is 5.71. The van der Waals surface area contributed by atoms with E-state index in [4.69, 9.17) is 4.74 Å². The lowest BCUT2D eigenvalue weighted by atomic mass is 10.1. The molecule has 0 radical (unpaired) electrons. The van der Waals surface area contributed by atoms with Crippen molar-refractivity contribution in [3.8, 4) is 5.69 Å². The van der Waals surface area contributed by atoms with Crippen molar-refractivity contribution in [2.45, 2.75) is 13.5 Å². The van der Waals surface area contributed by atoms with Crippen molar-refractivity contribution in [2.24, 2.45) is 0 Å². The molecule has 1 aliphatic rings. The fraction of sp³-hybridized carbons (Fsp3) is 0.267. The number of ether oxygens (including phenoxy) is 1. The van der Waals surface area contributed by atoms with E-state index in [1.165, 1.54) is 0 Å². The molecule has 1 amide bonds. The van der Waals surface area contributed by atoms with E-state index in [9.17, 15) is 9.59 Å². The molecule has 1 aromatic carbocycles. The highest BCUT2D eigenvalue weighted by atomic mass is 122. The molecular weight excluding hydrogens is 392 g/mol. The van der Waals surface area contributed by atoms with Gasteiger partial charge in [0.2, 0.25) is 0 Å². The van der Waals surface area contributed by atoms with Crippen LogP contribution in [0.1, 0.15) is 33.5 Å². The number of halogens is 1. The smallest absolute Gasteiger partial charge is 0.358 e. The Bertz CT molecular complexity index is 769. The van der Waals surface area contributed by atoms with Gasteiger partial charge in [0, 0.05) is 10.6 Å². The monoisotopic (exact) mass is 406 g/mol. The standard InChI is InChI=1S/C15H14IN3O3/c1-3-22-15(21)13-11-7-18(2)14(20)12-9(16)5-4-6-10(12)19(11)8-17-13/h4-6,8H,3,7H2,1-2H3/i16-5. The molecule has 2 aromatic rings. The molecular formula is C15H14IN3O3. The molecule has 0 saturated heterocycles. The van der Waals surface area contributed by atoms with Gasteiger partial charge in [-0.3, -0.25) is 9.36 Å². The molecule has 0 fully saturated rings. The minimum Gasteiger partial charge on any atom is -0.461 e. The van der Waals surface area contributed by atoms with Gasteiger partial charge in [0.05, 0.1) is 30.1 Å². The highest BCUT2D eigenvalue weighted by Gasteiger charge is 2.29. The third-order valence-corrected chi connectivity index (χ3v) is 4.43. The van der Waals surface area contributed by atoms with E-state index in [-0.39, 0.29) is 18.2 Å². The zero-order valence-corrected chi connectivity index (χ0v) is 14.3. The summed E-state index contributed by atoms with van der Waals surface area (Å²) in [5.74, 6) is -0.537. The molecule has 3 rings (SSSR count). The lowest BCUT2D eigenvalue weighted by molar-refractivity contribution is 0.0516. The van der Waals surface area contributed by atoms with Crippen LogP contribution >= 0.6 is 22.6 Å². The zero-order valence-electron chi connectivity index (χ0n) is 12.2. The summed E-state index contributed by atoms with van der Waals surface area (Å²) in [5.41, 5.74) is 2.28. The Morgan fingerprint density at radius 1 is 1.45 bits per heavy atom. The van der Waals surface area contributed by atoms with Gasteiger partial charge in [-0.15, -0.1) is 0 Å². The second-order valence-corrected chi connectivity index (χ2v) is 6.09. The van der Waals surface area contributed by atoms with Crippen LogP contribution in [0.25, 0.3) is 5.69 Å². The molecule has 0 unspecified atom stereocenters. The number of esters is 1. The first-order valence-corrected chi connectivity index (χ1v) is 7.90. The summed E-state index contributed by atoms with van der Waals surface area (Å²) >= 11 is 2.15. The van der Waals surface area contributed by atoms with Crippen LogP contribution in [0.15, 0.2) is 24.5 Å². The number of hydrogen-bond acceptors (Lipinski definition) is 4. The number of rotatable bonds is 2. The summed E-state index contributed by atoms with van der Waals surface area (Å²) in [6, 6.07) is 5.63. The predicted octanol–water partition coefficient (Wildman–Crippen LogP) is 2.24. The maximum atomic E-state index is 12.6. The van der Waals surface area contributed by atoms with Gasteiger partial charge < -0.3 is 9.64 Å². The average molecular weight is 406 g/mol. The Morgan fingerprint density at radius 2 is 2.23 bits per heavy atom. The number of carbonyl (C=O) groups excluding carboxylic acids is 2. The van der Waals surface area contributed by atoms with Crippen molar-refractivity contribution in [1.82, 2.24) is 14.5 Å². The normalized spacial score (nSPS) is 13.4. The lowest BCUT2D eigenvalue weighted by Gasteiger charge is -2.15. The summed E-state index contributed by atoms with van der Waals surface area (Å²) in [6.45, 7) is 2.34. The predicted molar refractivity (Wildman–Crippen MR) is 88.0 cm³/mol. The van der Waals surface area contributed by atoms with E-state index >= 15 is 0 Å². The number of fused-ring (bicyclic) bond motifs is 3. The third-order valence-electron chi connectivity index (χ3n) is 3.53. The first-order valence-electron chi connectivity index (χ1n) is 6.82. The number of amides is 1. The minimum absolute atomic E-state index is 0.0708. The fourth-order valence-corrected chi connectivity index (χ4v) is 3.23. The van der Waals surface area contributed by atoms with Crippen molar-refractivity contribution in [2.75, 3.05) is 13.7 Å². The molecule has 0 spiro atoms. The second-order valence-electron chi connectivity index (χ2n) is 4.93. The van der Waals surface area contributed by atoms with E-state index in [2.05, 4.69) is 27.6 Å². The molecule has 22 heavy (non-hydrogen) atoms. The molecule has 1 aliphatic heterocycles. The van der Waals surface area contributed by atoms with Gasteiger partial charge in [0.1, 0.15) is 6.33 Å². The molecule has 0 N–H and O–H groups in total. The van der Waals surface area contributed by atoms with Crippen molar-refractivity contribution < 1.29 is 14.3 Å². The van der Waals surface area contributed by atoms with Crippen LogP contribution in [-0.4, -0.2) is 40.0 Å². The topological polar surface area (TPSA) is 64.4 Å². The molecule has 0 bridgehead atoms. The number of benzene rings is 1. The van der Waals surface area contributed by atoms with E-state index in [1.807, 2.05) is 18.2 Å².